The molecule has 0 fully saturated rings. The van der Waals surface area contributed by atoms with Crippen LogP contribution < -0.4 is 10.6 Å². The Morgan fingerprint density at radius 3 is 1.38 bits per heavy atom. The van der Waals surface area contributed by atoms with Crippen LogP contribution >= 0.6 is 0 Å². The fourth-order valence-corrected chi connectivity index (χ4v) is 5.28. The predicted octanol–water partition coefficient (Wildman–Crippen LogP) is 9.75. The lowest BCUT2D eigenvalue weighted by Gasteiger charge is -2.20. The van der Waals surface area contributed by atoms with Gasteiger partial charge in [0, 0.05) is 6.54 Å². The summed E-state index contributed by atoms with van der Waals surface area (Å²) in [5.74, 6) is 0. The van der Waals surface area contributed by atoms with Crippen LogP contribution in [0.2, 0.25) is 0 Å². The molecule has 0 radical (unpaired) electrons. The number of carbonyl (C=O) groups is 1. The van der Waals surface area contributed by atoms with Gasteiger partial charge in [0.2, 0.25) is 0 Å². The maximum atomic E-state index is 12.2. The van der Waals surface area contributed by atoms with E-state index in [0.717, 1.165) is 25.7 Å². The predicted molar refractivity (Wildman–Crippen MR) is 174 cm³/mol. The van der Waals surface area contributed by atoms with Gasteiger partial charge in [-0.15, -0.1) is 0 Å². The highest BCUT2D eigenvalue weighted by atomic mass is 16.3. The summed E-state index contributed by atoms with van der Waals surface area (Å²) >= 11 is 0. The number of hydrogen-bond acceptors (Lipinski definition) is 3. The van der Waals surface area contributed by atoms with Gasteiger partial charge in [0.15, 0.2) is 0 Å². The van der Waals surface area contributed by atoms with Crippen molar-refractivity contribution in [1.29, 1.82) is 0 Å². The van der Waals surface area contributed by atoms with Crippen LogP contribution in [-0.4, -0.2) is 41.5 Å². The van der Waals surface area contributed by atoms with Gasteiger partial charge in [-0.1, -0.05) is 174 Å². The van der Waals surface area contributed by atoms with Crippen molar-refractivity contribution in [3.8, 4) is 0 Å². The smallest absolute Gasteiger partial charge is 0.315 e. The SMILES string of the molecule is CCCCCCCCCCCCC/C=C/[C@@H](O)[C@H](CO)NC(=O)NCCCCCCCCCCCCCCCC. The summed E-state index contributed by atoms with van der Waals surface area (Å²) in [5, 5.41) is 25.5. The van der Waals surface area contributed by atoms with Crippen LogP contribution in [0.25, 0.3) is 0 Å². The molecule has 2 atom stereocenters. The average molecular weight is 567 g/mol. The molecule has 0 bridgehead atoms. The highest BCUT2D eigenvalue weighted by Crippen LogP contribution is 2.14. The molecular formula is C35H70N2O3. The van der Waals surface area contributed by atoms with E-state index >= 15 is 0 Å². The Morgan fingerprint density at radius 2 is 0.975 bits per heavy atom. The van der Waals surface area contributed by atoms with E-state index in [0.29, 0.717) is 6.54 Å². The molecular weight excluding hydrogens is 496 g/mol. The molecule has 2 amide bonds. The molecule has 0 heterocycles. The zero-order chi connectivity index (χ0) is 29.4. The number of unbranched alkanes of at least 4 members (excludes halogenated alkanes) is 24. The zero-order valence-corrected chi connectivity index (χ0v) is 26.9. The molecule has 0 aromatic rings. The molecule has 0 saturated heterocycles. The fourth-order valence-electron chi connectivity index (χ4n) is 5.28. The first-order valence-corrected chi connectivity index (χ1v) is 17.7. The summed E-state index contributed by atoms with van der Waals surface area (Å²) in [6, 6.07) is -0.989. The average Bonchev–Trinajstić information content (AvgIpc) is 2.96. The Balaban J connectivity index is 3.60. The Morgan fingerprint density at radius 1 is 0.600 bits per heavy atom. The monoisotopic (exact) mass is 567 g/mol. The van der Waals surface area contributed by atoms with E-state index in [1.807, 2.05) is 6.08 Å². The minimum atomic E-state index is -0.871. The fraction of sp³-hybridized carbons (Fsp3) is 0.914. The number of urea groups is 1. The number of nitrogens with one attached hydrogen (secondary N) is 2. The van der Waals surface area contributed by atoms with Crippen LogP contribution in [0, 0.1) is 0 Å². The van der Waals surface area contributed by atoms with Crippen LogP contribution in [0.5, 0.6) is 0 Å². The van der Waals surface area contributed by atoms with Crippen LogP contribution in [0.1, 0.15) is 181 Å². The number of amides is 2. The van der Waals surface area contributed by atoms with Gasteiger partial charge in [0.1, 0.15) is 0 Å². The summed E-state index contributed by atoms with van der Waals surface area (Å²) in [4.78, 5) is 12.2. The number of allylic oxidation sites excluding steroid dienone is 1. The molecule has 0 aliphatic rings. The molecule has 238 valence electrons. The first-order valence-electron chi connectivity index (χ1n) is 17.7. The Labute approximate surface area is 249 Å². The Hall–Kier alpha value is -1.07. The molecule has 4 N–H and O–H groups in total. The van der Waals surface area contributed by atoms with Crippen molar-refractivity contribution < 1.29 is 15.0 Å². The lowest BCUT2D eigenvalue weighted by Crippen LogP contribution is -2.49. The lowest BCUT2D eigenvalue weighted by atomic mass is 10.0. The summed E-state index contributed by atoms with van der Waals surface area (Å²) < 4.78 is 0. The molecule has 0 unspecified atom stereocenters. The van der Waals surface area contributed by atoms with Crippen molar-refractivity contribution in [2.75, 3.05) is 13.2 Å². The van der Waals surface area contributed by atoms with E-state index in [9.17, 15) is 15.0 Å². The third-order valence-electron chi connectivity index (χ3n) is 8.05. The number of aliphatic hydroxyl groups excluding tert-OH is 2. The van der Waals surface area contributed by atoms with Crippen LogP contribution in [0.4, 0.5) is 4.79 Å². The maximum Gasteiger partial charge on any atom is 0.315 e. The largest absolute Gasteiger partial charge is 0.394 e. The number of aliphatic hydroxyl groups is 2. The third kappa shape index (κ3) is 28.5. The molecule has 0 aromatic carbocycles. The molecule has 0 aliphatic carbocycles. The van der Waals surface area contributed by atoms with Gasteiger partial charge in [-0.25, -0.2) is 4.79 Å². The second-order valence-electron chi connectivity index (χ2n) is 12.0. The van der Waals surface area contributed by atoms with Crippen molar-refractivity contribution in [1.82, 2.24) is 10.6 Å². The zero-order valence-electron chi connectivity index (χ0n) is 26.9. The van der Waals surface area contributed by atoms with Gasteiger partial charge < -0.3 is 20.8 Å². The third-order valence-corrected chi connectivity index (χ3v) is 8.05. The summed E-state index contributed by atoms with van der Waals surface area (Å²) in [7, 11) is 0. The second kappa shape index (κ2) is 32.4. The quantitative estimate of drug-likeness (QED) is 0.0498. The van der Waals surface area contributed by atoms with E-state index in [4.69, 9.17) is 0 Å². The first kappa shape index (κ1) is 38.9. The van der Waals surface area contributed by atoms with Gasteiger partial charge >= 0.3 is 6.03 Å². The van der Waals surface area contributed by atoms with E-state index in [1.54, 1.807) is 6.08 Å². The number of carbonyl (C=O) groups excluding carboxylic acids is 1. The van der Waals surface area contributed by atoms with Crippen molar-refractivity contribution >= 4 is 6.03 Å². The molecule has 0 aliphatic heterocycles. The molecule has 0 rings (SSSR count). The van der Waals surface area contributed by atoms with Crippen molar-refractivity contribution in [2.24, 2.45) is 0 Å². The minimum absolute atomic E-state index is 0.282. The Bertz CT molecular complexity index is 541. The van der Waals surface area contributed by atoms with E-state index in [2.05, 4.69) is 24.5 Å². The highest BCUT2D eigenvalue weighted by molar-refractivity contribution is 5.74. The van der Waals surface area contributed by atoms with E-state index < -0.39 is 12.1 Å². The summed E-state index contributed by atoms with van der Waals surface area (Å²) in [6.45, 7) is 4.88. The molecule has 40 heavy (non-hydrogen) atoms. The molecule has 0 aromatic heterocycles. The lowest BCUT2D eigenvalue weighted by molar-refractivity contribution is 0.125. The summed E-state index contributed by atoms with van der Waals surface area (Å²) in [5.41, 5.74) is 0. The van der Waals surface area contributed by atoms with Gasteiger partial charge in [0.25, 0.3) is 0 Å². The number of hydrogen-bond donors (Lipinski definition) is 4. The maximum absolute atomic E-state index is 12.2. The molecule has 0 spiro atoms. The highest BCUT2D eigenvalue weighted by Gasteiger charge is 2.17. The van der Waals surface area contributed by atoms with Crippen LogP contribution in [0.3, 0.4) is 0 Å². The van der Waals surface area contributed by atoms with E-state index in [1.165, 1.54) is 141 Å². The molecule has 0 saturated carbocycles. The van der Waals surface area contributed by atoms with Gasteiger partial charge in [-0.05, 0) is 19.3 Å². The normalized spacial score (nSPS) is 13.1. The van der Waals surface area contributed by atoms with Crippen molar-refractivity contribution in [2.45, 2.75) is 193 Å². The minimum Gasteiger partial charge on any atom is -0.394 e. The van der Waals surface area contributed by atoms with Gasteiger partial charge in [0.05, 0.1) is 18.8 Å². The van der Waals surface area contributed by atoms with Crippen molar-refractivity contribution in [3.63, 3.8) is 0 Å². The molecule has 5 heteroatoms. The van der Waals surface area contributed by atoms with Crippen LogP contribution in [0.15, 0.2) is 12.2 Å². The van der Waals surface area contributed by atoms with Gasteiger partial charge in [-0.3, -0.25) is 0 Å². The topological polar surface area (TPSA) is 81.6 Å². The van der Waals surface area contributed by atoms with Crippen molar-refractivity contribution in [3.05, 3.63) is 12.2 Å². The van der Waals surface area contributed by atoms with E-state index in [-0.39, 0.29) is 12.6 Å². The van der Waals surface area contributed by atoms with Crippen LogP contribution in [-0.2, 0) is 0 Å². The first-order chi connectivity index (χ1) is 19.7. The Kier molecular flexibility index (Phi) is 31.6. The van der Waals surface area contributed by atoms with Gasteiger partial charge in [-0.2, -0.15) is 0 Å². The standard InChI is InChI=1S/C35H70N2O3/c1-3-5-7-9-11-13-15-17-19-21-23-25-27-29-31-36-35(40)37-33(32-38)34(39)30-28-26-24-22-20-18-16-14-12-10-8-6-4-2/h28,30,33-34,38-39H,3-27,29,31-32H2,1-2H3,(H2,36,37,40)/b30-28+/t33-,34+/m0/s1. The summed E-state index contributed by atoms with van der Waals surface area (Å²) in [6.07, 6.45) is 36.7. The molecule has 5 nitrogen and oxygen atoms in total. The number of rotatable bonds is 31. The second-order valence-corrected chi connectivity index (χ2v) is 12.0.